The predicted octanol–water partition coefficient (Wildman–Crippen LogP) is 2.17. The van der Waals surface area contributed by atoms with Crippen molar-refractivity contribution in [2.24, 2.45) is 5.73 Å². The molecule has 0 bridgehead atoms. The number of pyridine rings is 1. The van der Waals surface area contributed by atoms with Crippen molar-refractivity contribution in [1.29, 1.82) is 0 Å². The average Bonchev–Trinajstić information content (AvgIpc) is 2.29. The van der Waals surface area contributed by atoms with Crippen molar-refractivity contribution in [2.45, 2.75) is 25.2 Å². The van der Waals surface area contributed by atoms with Gasteiger partial charge in [0.1, 0.15) is 0 Å². The molecule has 96 valence electrons. The van der Waals surface area contributed by atoms with E-state index >= 15 is 0 Å². The second kappa shape index (κ2) is 5.86. The van der Waals surface area contributed by atoms with Gasteiger partial charge in [0.2, 0.25) is 5.95 Å². The third-order valence-electron chi connectivity index (χ3n) is 2.54. The van der Waals surface area contributed by atoms with Crippen LogP contribution in [0.5, 0.6) is 0 Å². The van der Waals surface area contributed by atoms with Crippen LogP contribution in [0.3, 0.4) is 0 Å². The largest absolute Gasteiger partial charge is 0.356 e. The minimum Gasteiger partial charge on any atom is -0.356 e. The van der Waals surface area contributed by atoms with Gasteiger partial charge in [-0.05, 0) is 28.9 Å². The molecule has 0 amide bonds. The Hall–Kier alpha value is -0.560. The van der Waals surface area contributed by atoms with Gasteiger partial charge in [-0.2, -0.15) is 4.39 Å². The number of methoxy groups -OCH3 is 2. The monoisotopic (exact) mass is 306 g/mol. The van der Waals surface area contributed by atoms with E-state index in [-0.39, 0.29) is 0 Å². The fourth-order valence-electron chi connectivity index (χ4n) is 1.54. The fourth-order valence-corrected chi connectivity index (χ4v) is 1.87. The number of hydrogen-bond donors (Lipinski definition) is 1. The SMILES string of the molecule is COC(CC(C)(N)c1cc(Br)cnc1F)OC. The molecule has 2 N–H and O–H groups in total. The van der Waals surface area contributed by atoms with E-state index in [9.17, 15) is 4.39 Å². The van der Waals surface area contributed by atoms with E-state index in [1.807, 2.05) is 0 Å². The van der Waals surface area contributed by atoms with Gasteiger partial charge in [0, 0.05) is 42.4 Å². The Morgan fingerprint density at radius 2 is 2.12 bits per heavy atom. The van der Waals surface area contributed by atoms with Crippen LogP contribution in [-0.4, -0.2) is 25.5 Å². The summed E-state index contributed by atoms with van der Waals surface area (Å²) in [5.74, 6) is -0.579. The Balaban J connectivity index is 2.99. The van der Waals surface area contributed by atoms with Crippen LogP contribution in [-0.2, 0) is 15.0 Å². The molecule has 6 heteroatoms. The maximum absolute atomic E-state index is 13.6. The fraction of sp³-hybridized carbons (Fsp3) is 0.545. The van der Waals surface area contributed by atoms with Crippen LogP contribution in [0.1, 0.15) is 18.9 Å². The summed E-state index contributed by atoms with van der Waals surface area (Å²) in [4.78, 5) is 3.63. The molecule has 0 fully saturated rings. The smallest absolute Gasteiger partial charge is 0.217 e. The molecular weight excluding hydrogens is 291 g/mol. The number of halogens is 2. The number of aromatic nitrogens is 1. The van der Waals surface area contributed by atoms with Crippen molar-refractivity contribution in [3.05, 3.63) is 28.2 Å². The number of hydrogen-bond acceptors (Lipinski definition) is 4. The average molecular weight is 307 g/mol. The molecule has 0 aliphatic heterocycles. The van der Waals surface area contributed by atoms with Crippen molar-refractivity contribution in [3.8, 4) is 0 Å². The maximum Gasteiger partial charge on any atom is 0.217 e. The van der Waals surface area contributed by atoms with Crippen LogP contribution in [0.25, 0.3) is 0 Å². The zero-order valence-electron chi connectivity index (χ0n) is 10.0. The molecule has 0 aromatic carbocycles. The summed E-state index contributed by atoms with van der Waals surface area (Å²) >= 11 is 3.24. The van der Waals surface area contributed by atoms with E-state index in [1.54, 1.807) is 13.0 Å². The van der Waals surface area contributed by atoms with Crippen LogP contribution < -0.4 is 5.73 Å². The number of nitrogens with zero attached hydrogens (tertiary/aromatic N) is 1. The van der Waals surface area contributed by atoms with E-state index < -0.39 is 17.8 Å². The molecule has 0 radical (unpaired) electrons. The maximum atomic E-state index is 13.6. The van der Waals surface area contributed by atoms with Crippen molar-refractivity contribution in [2.75, 3.05) is 14.2 Å². The van der Waals surface area contributed by atoms with Crippen molar-refractivity contribution < 1.29 is 13.9 Å². The highest BCUT2D eigenvalue weighted by Gasteiger charge is 2.29. The summed E-state index contributed by atoms with van der Waals surface area (Å²) in [7, 11) is 3.03. The normalized spacial score (nSPS) is 15.0. The highest BCUT2D eigenvalue weighted by Crippen LogP contribution is 2.27. The van der Waals surface area contributed by atoms with Gasteiger partial charge < -0.3 is 15.2 Å². The van der Waals surface area contributed by atoms with Gasteiger partial charge in [0.25, 0.3) is 0 Å². The highest BCUT2D eigenvalue weighted by molar-refractivity contribution is 9.10. The van der Waals surface area contributed by atoms with Gasteiger partial charge in [-0.15, -0.1) is 0 Å². The van der Waals surface area contributed by atoms with Crippen LogP contribution >= 0.6 is 15.9 Å². The van der Waals surface area contributed by atoms with Crippen molar-refractivity contribution >= 4 is 15.9 Å². The summed E-state index contributed by atoms with van der Waals surface area (Å²) in [6.07, 6.45) is 1.23. The molecule has 17 heavy (non-hydrogen) atoms. The van der Waals surface area contributed by atoms with Crippen molar-refractivity contribution in [3.63, 3.8) is 0 Å². The van der Waals surface area contributed by atoms with E-state index in [1.165, 1.54) is 20.4 Å². The first-order chi connectivity index (χ1) is 7.90. The summed E-state index contributed by atoms with van der Waals surface area (Å²) in [5.41, 5.74) is 5.50. The predicted molar refractivity (Wildman–Crippen MR) is 65.9 cm³/mol. The molecule has 0 saturated heterocycles. The molecule has 1 unspecified atom stereocenters. The third kappa shape index (κ3) is 3.70. The summed E-state index contributed by atoms with van der Waals surface area (Å²) in [5, 5.41) is 0. The standard InChI is InChI=1S/C11H16BrFN2O2/c1-11(14,5-9(16-2)17-3)8-4-7(12)6-15-10(8)13/h4,6,9H,5,14H2,1-3H3. The molecule has 1 atom stereocenters. The van der Waals surface area contributed by atoms with Crippen LogP contribution in [0.4, 0.5) is 4.39 Å². The van der Waals surface area contributed by atoms with Gasteiger partial charge in [-0.1, -0.05) is 0 Å². The summed E-state index contributed by atoms with van der Waals surface area (Å²) < 4.78 is 24.4. The van der Waals surface area contributed by atoms with Gasteiger partial charge in [-0.25, -0.2) is 4.98 Å². The topological polar surface area (TPSA) is 57.4 Å². The third-order valence-corrected chi connectivity index (χ3v) is 2.97. The minimum absolute atomic E-state index is 0.325. The quantitative estimate of drug-likeness (QED) is 0.669. The zero-order chi connectivity index (χ0) is 13.1. The highest BCUT2D eigenvalue weighted by atomic mass is 79.9. The van der Waals surface area contributed by atoms with Crippen LogP contribution in [0.2, 0.25) is 0 Å². The van der Waals surface area contributed by atoms with E-state index in [2.05, 4.69) is 20.9 Å². The Labute approximate surface area is 108 Å². The molecular formula is C11H16BrFN2O2. The lowest BCUT2D eigenvalue weighted by atomic mass is 9.90. The van der Waals surface area contributed by atoms with Gasteiger partial charge in [0.05, 0.1) is 0 Å². The van der Waals surface area contributed by atoms with Crippen LogP contribution in [0.15, 0.2) is 16.7 Å². The number of ether oxygens (including phenoxy) is 2. The Kier molecular flexibility index (Phi) is 5.00. The molecule has 1 aromatic rings. The Morgan fingerprint density at radius 1 is 1.53 bits per heavy atom. The lowest BCUT2D eigenvalue weighted by molar-refractivity contribution is -0.116. The molecule has 1 rings (SSSR count). The number of nitrogens with two attached hydrogens (primary N) is 1. The Morgan fingerprint density at radius 3 is 2.65 bits per heavy atom. The first-order valence-corrected chi connectivity index (χ1v) is 5.86. The zero-order valence-corrected chi connectivity index (χ0v) is 11.6. The summed E-state index contributed by atoms with van der Waals surface area (Å²) in [6, 6.07) is 1.62. The molecule has 0 spiro atoms. The van der Waals surface area contributed by atoms with Gasteiger partial charge in [0.15, 0.2) is 6.29 Å². The van der Waals surface area contributed by atoms with Crippen molar-refractivity contribution in [1.82, 2.24) is 4.98 Å². The lowest BCUT2D eigenvalue weighted by Crippen LogP contribution is -2.39. The minimum atomic E-state index is -0.919. The second-order valence-corrected chi connectivity index (χ2v) is 4.93. The second-order valence-electron chi connectivity index (χ2n) is 4.01. The number of rotatable bonds is 5. The molecule has 1 aromatic heterocycles. The van der Waals surface area contributed by atoms with E-state index in [0.29, 0.717) is 16.5 Å². The molecule has 4 nitrogen and oxygen atoms in total. The van der Waals surface area contributed by atoms with Gasteiger partial charge in [-0.3, -0.25) is 0 Å². The van der Waals surface area contributed by atoms with Crippen LogP contribution in [0, 0.1) is 5.95 Å². The molecule has 0 aliphatic carbocycles. The lowest BCUT2D eigenvalue weighted by Gasteiger charge is -2.28. The first-order valence-electron chi connectivity index (χ1n) is 5.06. The first kappa shape index (κ1) is 14.5. The van der Waals surface area contributed by atoms with E-state index in [0.717, 1.165) is 0 Å². The Bertz CT molecular complexity index is 384. The van der Waals surface area contributed by atoms with E-state index in [4.69, 9.17) is 15.2 Å². The summed E-state index contributed by atoms with van der Waals surface area (Å²) in [6.45, 7) is 1.71. The molecule has 0 aliphatic rings. The molecule has 0 saturated carbocycles. The molecule has 1 heterocycles. The van der Waals surface area contributed by atoms with Gasteiger partial charge >= 0.3 is 0 Å².